The van der Waals surface area contributed by atoms with Gasteiger partial charge in [-0.15, -0.1) is 0 Å². The van der Waals surface area contributed by atoms with E-state index in [1.807, 2.05) is 0 Å². The maximum Gasteiger partial charge on any atom is 0.416 e. The van der Waals surface area contributed by atoms with Gasteiger partial charge in [0.1, 0.15) is 5.82 Å². The molecule has 7 nitrogen and oxygen atoms in total. The largest absolute Gasteiger partial charge is 0.443 e. The second kappa shape index (κ2) is 6.10. The third kappa shape index (κ3) is 3.56. The van der Waals surface area contributed by atoms with Crippen molar-refractivity contribution < 1.29 is 32.1 Å². The summed E-state index contributed by atoms with van der Waals surface area (Å²) in [5.41, 5.74) is -3.07. The van der Waals surface area contributed by atoms with E-state index in [2.05, 4.69) is 0 Å². The molecule has 0 fully saturated rings. The molecular weight excluding hydrogens is 340 g/mol. The van der Waals surface area contributed by atoms with E-state index < -0.39 is 50.3 Å². The molecule has 0 amide bonds. The van der Waals surface area contributed by atoms with Gasteiger partial charge in [-0.05, 0) is 18.2 Å². The second-order valence-corrected chi connectivity index (χ2v) is 4.41. The number of hydrogen-bond donors (Lipinski definition) is 0. The first kappa shape index (κ1) is 17.1. The summed E-state index contributed by atoms with van der Waals surface area (Å²) < 4.78 is 56.0. The maximum atomic E-state index is 13.2. The van der Waals surface area contributed by atoms with E-state index in [1.165, 1.54) is 0 Å². The standard InChI is InChI=1S/C13H6F4N2O5/c14-8-2-3-9(18(20)21)12(6-8)24-11-4-1-7(13(15,16)17)5-10(11)19(22)23/h1-6H. The monoisotopic (exact) mass is 346 g/mol. The molecule has 0 N–H and O–H groups in total. The van der Waals surface area contributed by atoms with Crippen LogP contribution in [0.25, 0.3) is 0 Å². The maximum absolute atomic E-state index is 13.2. The summed E-state index contributed by atoms with van der Waals surface area (Å²) in [6, 6.07) is 3.50. The Kier molecular flexibility index (Phi) is 4.35. The highest BCUT2D eigenvalue weighted by molar-refractivity contribution is 5.54. The van der Waals surface area contributed by atoms with Crippen molar-refractivity contribution in [2.24, 2.45) is 0 Å². The number of alkyl halides is 3. The molecule has 0 saturated carbocycles. The van der Waals surface area contributed by atoms with Crippen molar-refractivity contribution in [3.8, 4) is 11.5 Å². The molecule has 0 radical (unpaired) electrons. The molecule has 2 aromatic rings. The number of nitro groups is 2. The summed E-state index contributed by atoms with van der Waals surface area (Å²) in [7, 11) is 0. The van der Waals surface area contributed by atoms with E-state index in [0.29, 0.717) is 18.2 Å². The Bertz CT molecular complexity index is 822. The normalized spacial score (nSPS) is 11.2. The molecule has 126 valence electrons. The number of benzene rings is 2. The van der Waals surface area contributed by atoms with Gasteiger partial charge in [-0.3, -0.25) is 20.2 Å². The summed E-state index contributed by atoms with van der Waals surface area (Å²) >= 11 is 0. The SMILES string of the molecule is O=[N+]([O-])c1ccc(F)cc1Oc1ccc(C(F)(F)F)cc1[N+](=O)[O-]. The highest BCUT2D eigenvalue weighted by atomic mass is 19.4. The second-order valence-electron chi connectivity index (χ2n) is 4.41. The van der Waals surface area contributed by atoms with Crippen LogP contribution < -0.4 is 4.74 Å². The van der Waals surface area contributed by atoms with Crippen LogP contribution in [0, 0.1) is 26.0 Å². The summed E-state index contributed by atoms with van der Waals surface area (Å²) in [6.07, 6.45) is -4.83. The summed E-state index contributed by atoms with van der Waals surface area (Å²) in [6.45, 7) is 0. The molecular formula is C13H6F4N2O5. The number of nitrogens with zero attached hydrogens (tertiary/aromatic N) is 2. The third-order valence-electron chi connectivity index (χ3n) is 2.82. The van der Waals surface area contributed by atoms with Crippen molar-refractivity contribution in [1.82, 2.24) is 0 Å². The Hall–Kier alpha value is -3.24. The highest BCUT2D eigenvalue weighted by Gasteiger charge is 2.33. The quantitative estimate of drug-likeness (QED) is 0.463. The molecule has 2 aromatic carbocycles. The van der Waals surface area contributed by atoms with Crippen LogP contribution in [0.4, 0.5) is 28.9 Å². The number of hydrogen-bond acceptors (Lipinski definition) is 5. The van der Waals surface area contributed by atoms with E-state index in [1.54, 1.807) is 0 Å². The van der Waals surface area contributed by atoms with Crippen LogP contribution in [-0.4, -0.2) is 9.85 Å². The van der Waals surface area contributed by atoms with Gasteiger partial charge < -0.3 is 4.74 Å². The molecule has 0 heterocycles. The van der Waals surface area contributed by atoms with Crippen molar-refractivity contribution in [3.63, 3.8) is 0 Å². The van der Waals surface area contributed by atoms with Gasteiger partial charge in [0, 0.05) is 18.2 Å². The third-order valence-corrected chi connectivity index (χ3v) is 2.82. The predicted octanol–water partition coefficient (Wildman–Crippen LogP) is 4.45. The molecule has 24 heavy (non-hydrogen) atoms. The minimum atomic E-state index is -4.83. The predicted molar refractivity (Wildman–Crippen MR) is 71.2 cm³/mol. The molecule has 0 aliphatic rings. The van der Waals surface area contributed by atoms with E-state index in [-0.39, 0.29) is 6.07 Å². The lowest BCUT2D eigenvalue weighted by atomic mass is 10.2. The first-order chi connectivity index (χ1) is 11.1. The molecule has 0 aliphatic heterocycles. The van der Waals surface area contributed by atoms with Gasteiger partial charge in [-0.1, -0.05) is 0 Å². The van der Waals surface area contributed by atoms with Gasteiger partial charge in [0.15, 0.2) is 0 Å². The Labute approximate surface area is 130 Å². The Balaban J connectivity index is 2.53. The van der Waals surface area contributed by atoms with Crippen molar-refractivity contribution in [1.29, 1.82) is 0 Å². The summed E-state index contributed by atoms with van der Waals surface area (Å²) in [5.74, 6) is -2.30. The van der Waals surface area contributed by atoms with Crippen molar-refractivity contribution >= 4 is 11.4 Å². The zero-order chi connectivity index (χ0) is 18.1. The number of nitro benzene ring substituents is 2. The van der Waals surface area contributed by atoms with Crippen LogP contribution in [0.15, 0.2) is 36.4 Å². The zero-order valence-corrected chi connectivity index (χ0v) is 11.4. The number of halogens is 4. The minimum Gasteiger partial charge on any atom is -0.443 e. The molecule has 0 unspecified atom stereocenters. The Morgan fingerprint density at radius 1 is 0.875 bits per heavy atom. The highest BCUT2D eigenvalue weighted by Crippen LogP contribution is 2.40. The molecule has 11 heteroatoms. The molecule has 0 bridgehead atoms. The fourth-order valence-electron chi connectivity index (χ4n) is 1.76. The molecule has 0 atom stereocenters. The van der Waals surface area contributed by atoms with Crippen molar-refractivity contribution in [3.05, 3.63) is 68.0 Å². The van der Waals surface area contributed by atoms with Crippen LogP contribution in [-0.2, 0) is 6.18 Å². The lowest BCUT2D eigenvalue weighted by Gasteiger charge is -2.10. The summed E-state index contributed by atoms with van der Waals surface area (Å²) in [4.78, 5) is 19.7. The molecule has 0 aromatic heterocycles. The Morgan fingerprint density at radius 2 is 1.50 bits per heavy atom. The van der Waals surface area contributed by atoms with Crippen molar-refractivity contribution in [2.45, 2.75) is 6.18 Å². The van der Waals surface area contributed by atoms with Gasteiger partial charge in [0.2, 0.25) is 11.5 Å². The average molecular weight is 346 g/mol. The van der Waals surface area contributed by atoms with E-state index in [9.17, 15) is 37.8 Å². The first-order valence-corrected chi connectivity index (χ1v) is 6.07. The smallest absolute Gasteiger partial charge is 0.416 e. The molecule has 0 aliphatic carbocycles. The molecule has 0 spiro atoms. The van der Waals surface area contributed by atoms with Crippen LogP contribution in [0.5, 0.6) is 11.5 Å². The van der Waals surface area contributed by atoms with Crippen LogP contribution >= 0.6 is 0 Å². The van der Waals surface area contributed by atoms with Gasteiger partial charge in [0.05, 0.1) is 15.4 Å². The van der Waals surface area contributed by atoms with Crippen LogP contribution in [0.1, 0.15) is 5.56 Å². The van der Waals surface area contributed by atoms with Gasteiger partial charge in [-0.2, -0.15) is 13.2 Å². The van der Waals surface area contributed by atoms with E-state index in [0.717, 1.165) is 12.1 Å². The summed E-state index contributed by atoms with van der Waals surface area (Å²) in [5, 5.41) is 21.8. The molecule has 0 saturated heterocycles. The van der Waals surface area contributed by atoms with Crippen molar-refractivity contribution in [2.75, 3.05) is 0 Å². The Morgan fingerprint density at radius 3 is 2.04 bits per heavy atom. The molecule has 2 rings (SSSR count). The first-order valence-electron chi connectivity index (χ1n) is 6.07. The fraction of sp³-hybridized carbons (Fsp3) is 0.0769. The average Bonchev–Trinajstić information content (AvgIpc) is 2.46. The fourth-order valence-corrected chi connectivity index (χ4v) is 1.76. The van der Waals surface area contributed by atoms with Crippen LogP contribution in [0.2, 0.25) is 0 Å². The lowest BCUT2D eigenvalue weighted by Crippen LogP contribution is -2.06. The lowest BCUT2D eigenvalue weighted by molar-refractivity contribution is -0.387. The van der Waals surface area contributed by atoms with Gasteiger partial charge in [0.25, 0.3) is 0 Å². The topological polar surface area (TPSA) is 95.5 Å². The van der Waals surface area contributed by atoms with Crippen LogP contribution in [0.3, 0.4) is 0 Å². The number of rotatable bonds is 4. The van der Waals surface area contributed by atoms with E-state index >= 15 is 0 Å². The minimum absolute atomic E-state index is 0.223. The van der Waals surface area contributed by atoms with Gasteiger partial charge >= 0.3 is 17.6 Å². The zero-order valence-electron chi connectivity index (χ0n) is 11.4. The number of ether oxygens (including phenoxy) is 1. The van der Waals surface area contributed by atoms with E-state index in [4.69, 9.17) is 4.74 Å². The van der Waals surface area contributed by atoms with Gasteiger partial charge in [-0.25, -0.2) is 4.39 Å².